The summed E-state index contributed by atoms with van der Waals surface area (Å²) in [6.45, 7) is 1.84. The van der Waals surface area contributed by atoms with Crippen molar-refractivity contribution >= 4 is 0 Å². The molecule has 2 aromatic rings. The fraction of sp³-hybridized carbons (Fsp3) is 0.381. The molecular weight excluding hydrogens is 330 g/mol. The maximum atomic E-state index is 12.5. The van der Waals surface area contributed by atoms with Crippen LogP contribution in [-0.4, -0.2) is 28.4 Å². The first-order valence-corrected chi connectivity index (χ1v) is 8.70. The molecule has 0 fully saturated rings. The highest BCUT2D eigenvalue weighted by molar-refractivity contribution is 5.82. The van der Waals surface area contributed by atoms with Gasteiger partial charge in [0.05, 0.1) is 21.3 Å². The minimum absolute atomic E-state index is 0.0365. The van der Waals surface area contributed by atoms with E-state index in [2.05, 4.69) is 5.32 Å². The maximum Gasteiger partial charge on any atom is 0.203 e. The fourth-order valence-corrected chi connectivity index (χ4v) is 3.69. The largest absolute Gasteiger partial charge is 0.493 e. The number of fused-ring (bicyclic) bond motifs is 3. The Kier molecular flexibility index (Phi) is 5.18. The Morgan fingerprint density at radius 2 is 1.77 bits per heavy atom. The van der Waals surface area contributed by atoms with E-state index in [4.69, 9.17) is 14.2 Å². The van der Waals surface area contributed by atoms with Crippen LogP contribution in [0.1, 0.15) is 29.2 Å². The van der Waals surface area contributed by atoms with Crippen LogP contribution >= 0.6 is 0 Å². The minimum Gasteiger partial charge on any atom is -0.493 e. The molecule has 0 bridgehead atoms. The second-order valence-electron chi connectivity index (χ2n) is 6.45. The number of aryl methyl sites for hydroxylation is 2. The van der Waals surface area contributed by atoms with Gasteiger partial charge in [-0.1, -0.05) is 12.1 Å². The summed E-state index contributed by atoms with van der Waals surface area (Å²) < 4.78 is 16.8. The zero-order valence-corrected chi connectivity index (χ0v) is 15.9. The van der Waals surface area contributed by atoms with Gasteiger partial charge in [-0.2, -0.15) is 0 Å². The number of nitrogens with one attached hydrogen (secondary N) is 1. The van der Waals surface area contributed by atoms with Crippen LogP contribution in [0.5, 0.6) is 17.2 Å². The summed E-state index contributed by atoms with van der Waals surface area (Å²) in [5.41, 5.74) is 4.81. The molecule has 0 saturated heterocycles. The van der Waals surface area contributed by atoms with Gasteiger partial charge in [-0.15, -0.1) is 0 Å². The Morgan fingerprint density at radius 1 is 1.04 bits per heavy atom. The van der Waals surface area contributed by atoms with Gasteiger partial charge in [0.2, 0.25) is 5.75 Å². The third-order valence-corrected chi connectivity index (χ3v) is 5.09. The molecule has 5 heteroatoms. The predicted octanol–water partition coefficient (Wildman–Crippen LogP) is 3.25. The van der Waals surface area contributed by atoms with Gasteiger partial charge in [0, 0.05) is 11.6 Å². The molecule has 1 aliphatic carbocycles. The summed E-state index contributed by atoms with van der Waals surface area (Å²) in [5, 5.41) is 3.35. The van der Waals surface area contributed by atoms with Crippen molar-refractivity contribution < 1.29 is 14.2 Å². The molecule has 0 saturated carbocycles. The van der Waals surface area contributed by atoms with Crippen LogP contribution in [0.4, 0.5) is 0 Å². The van der Waals surface area contributed by atoms with Gasteiger partial charge < -0.3 is 19.5 Å². The normalized spacial score (nSPS) is 15.5. The standard InChI is InChI=1S/C21H25NO4/c1-12-6-8-14-15(11-17(12)23)16(22-2)9-7-13-10-18(24-3)20(25-4)21(26-5)19(13)14/h6,8,10-11,16,22H,7,9H2,1-5H3/t16-/m0/s1. The smallest absolute Gasteiger partial charge is 0.203 e. The first kappa shape index (κ1) is 18.3. The summed E-state index contributed by atoms with van der Waals surface area (Å²) in [4.78, 5) is 12.5. The lowest BCUT2D eigenvalue weighted by Crippen LogP contribution is -2.17. The van der Waals surface area contributed by atoms with Crippen LogP contribution in [-0.2, 0) is 6.42 Å². The van der Waals surface area contributed by atoms with E-state index < -0.39 is 0 Å². The van der Waals surface area contributed by atoms with Crippen LogP contribution in [0.15, 0.2) is 29.1 Å². The summed E-state index contributed by atoms with van der Waals surface area (Å²) in [6, 6.07) is 7.72. The molecular formula is C21H25NO4. The molecule has 138 valence electrons. The van der Waals surface area contributed by atoms with E-state index in [0.29, 0.717) is 22.8 Å². The van der Waals surface area contributed by atoms with Crippen LogP contribution in [0.2, 0.25) is 0 Å². The van der Waals surface area contributed by atoms with E-state index in [-0.39, 0.29) is 11.5 Å². The van der Waals surface area contributed by atoms with Gasteiger partial charge in [-0.3, -0.25) is 4.79 Å². The number of hydrogen-bond acceptors (Lipinski definition) is 5. The topological polar surface area (TPSA) is 56.8 Å². The molecule has 0 unspecified atom stereocenters. The van der Waals surface area contributed by atoms with Gasteiger partial charge in [-0.05, 0) is 61.2 Å². The van der Waals surface area contributed by atoms with Crippen LogP contribution < -0.4 is 25.0 Å². The van der Waals surface area contributed by atoms with Crippen molar-refractivity contribution in [3.05, 3.63) is 51.2 Å². The number of ether oxygens (including phenoxy) is 3. The first-order chi connectivity index (χ1) is 12.5. The van der Waals surface area contributed by atoms with E-state index in [1.54, 1.807) is 27.4 Å². The Labute approximate surface area is 153 Å². The van der Waals surface area contributed by atoms with E-state index >= 15 is 0 Å². The minimum atomic E-state index is 0.0365. The van der Waals surface area contributed by atoms with Crippen molar-refractivity contribution in [3.8, 4) is 28.4 Å². The molecule has 5 nitrogen and oxygen atoms in total. The van der Waals surface area contributed by atoms with Crippen LogP contribution in [0.25, 0.3) is 11.1 Å². The van der Waals surface area contributed by atoms with Gasteiger partial charge in [0.15, 0.2) is 16.9 Å². The number of rotatable bonds is 4. The average molecular weight is 355 g/mol. The van der Waals surface area contributed by atoms with Crippen molar-refractivity contribution in [1.82, 2.24) is 5.32 Å². The highest BCUT2D eigenvalue weighted by Gasteiger charge is 2.28. The fourth-order valence-electron chi connectivity index (χ4n) is 3.69. The Hall–Kier alpha value is -2.53. The molecule has 1 N–H and O–H groups in total. The van der Waals surface area contributed by atoms with E-state index in [0.717, 1.165) is 35.1 Å². The molecule has 0 aromatic heterocycles. The molecule has 0 amide bonds. The van der Waals surface area contributed by atoms with Crippen LogP contribution in [0.3, 0.4) is 0 Å². The summed E-state index contributed by atoms with van der Waals surface area (Å²) in [5.74, 6) is 1.85. The van der Waals surface area contributed by atoms with Gasteiger partial charge >= 0.3 is 0 Å². The number of hydrogen-bond donors (Lipinski definition) is 1. The zero-order valence-electron chi connectivity index (χ0n) is 15.9. The van der Waals surface area contributed by atoms with Crippen LogP contribution in [0, 0.1) is 6.92 Å². The molecule has 1 aliphatic rings. The molecule has 0 heterocycles. The Morgan fingerprint density at radius 3 is 2.38 bits per heavy atom. The molecule has 26 heavy (non-hydrogen) atoms. The second-order valence-corrected chi connectivity index (χ2v) is 6.45. The lowest BCUT2D eigenvalue weighted by molar-refractivity contribution is 0.324. The predicted molar refractivity (Wildman–Crippen MR) is 103 cm³/mol. The van der Waals surface area contributed by atoms with E-state index in [1.165, 1.54) is 0 Å². The Balaban J connectivity index is 2.44. The molecule has 2 aromatic carbocycles. The maximum absolute atomic E-state index is 12.5. The monoisotopic (exact) mass is 355 g/mol. The van der Waals surface area contributed by atoms with Crippen molar-refractivity contribution in [2.45, 2.75) is 25.8 Å². The first-order valence-electron chi connectivity index (χ1n) is 8.70. The SMILES string of the molecule is CN[C@H]1CCc2cc(OC)c(OC)c(OC)c2-c2ccc(C)c(=O)cc21. The molecule has 0 aliphatic heterocycles. The Bertz CT molecular complexity index is 892. The molecule has 3 rings (SSSR count). The van der Waals surface area contributed by atoms with Crippen molar-refractivity contribution in [1.29, 1.82) is 0 Å². The van der Waals surface area contributed by atoms with E-state index in [9.17, 15) is 4.79 Å². The second kappa shape index (κ2) is 7.38. The number of methoxy groups -OCH3 is 3. The molecule has 1 atom stereocenters. The molecule has 0 spiro atoms. The van der Waals surface area contributed by atoms with Gasteiger partial charge in [0.25, 0.3) is 0 Å². The summed E-state index contributed by atoms with van der Waals surface area (Å²) in [6.07, 6.45) is 1.71. The zero-order chi connectivity index (χ0) is 18.8. The lowest BCUT2D eigenvalue weighted by Gasteiger charge is -2.19. The summed E-state index contributed by atoms with van der Waals surface area (Å²) >= 11 is 0. The van der Waals surface area contributed by atoms with Crippen molar-refractivity contribution in [2.75, 3.05) is 28.4 Å². The van der Waals surface area contributed by atoms with Gasteiger partial charge in [0.1, 0.15) is 0 Å². The van der Waals surface area contributed by atoms with E-state index in [1.807, 2.05) is 32.2 Å². The van der Waals surface area contributed by atoms with Crippen molar-refractivity contribution in [2.24, 2.45) is 0 Å². The average Bonchev–Trinajstić information content (AvgIpc) is 2.89. The van der Waals surface area contributed by atoms with Gasteiger partial charge in [-0.25, -0.2) is 0 Å². The highest BCUT2D eigenvalue weighted by atomic mass is 16.5. The molecule has 0 radical (unpaired) electrons. The quantitative estimate of drug-likeness (QED) is 0.912. The third kappa shape index (κ3) is 2.92. The highest BCUT2D eigenvalue weighted by Crippen LogP contribution is 2.50. The lowest BCUT2D eigenvalue weighted by atomic mass is 9.95. The van der Waals surface area contributed by atoms with Crippen molar-refractivity contribution in [3.63, 3.8) is 0 Å². The third-order valence-electron chi connectivity index (χ3n) is 5.09. The summed E-state index contributed by atoms with van der Waals surface area (Å²) in [7, 11) is 6.78. The number of benzene rings is 1.